The molecule has 0 atom stereocenters. The van der Waals surface area contributed by atoms with Crippen LogP contribution in [0, 0.1) is 0 Å². The molecule has 1 heterocycles. The summed E-state index contributed by atoms with van der Waals surface area (Å²) in [4.78, 5) is 15.2. The molecule has 4 heteroatoms. The summed E-state index contributed by atoms with van der Waals surface area (Å²) in [6, 6.07) is 35.0. The third-order valence-electron chi connectivity index (χ3n) is 5.77. The van der Waals surface area contributed by atoms with Crippen LogP contribution in [-0.4, -0.2) is 14.1 Å². The molecular weight excluding hydrogens is 416 g/mol. The van der Waals surface area contributed by atoms with Gasteiger partial charge in [-0.2, -0.15) is 0 Å². The van der Waals surface area contributed by atoms with Crippen LogP contribution in [0.15, 0.2) is 113 Å². The van der Waals surface area contributed by atoms with E-state index in [9.17, 15) is 4.79 Å². The van der Waals surface area contributed by atoms with E-state index in [0.29, 0.717) is 6.42 Å². The van der Waals surface area contributed by atoms with Gasteiger partial charge in [0.2, 0.25) is 0 Å². The second kappa shape index (κ2) is 8.21. The number of Topliss-reactive ketones (excluding diaryl/α,β-unsaturated/α-hetero) is 1. The van der Waals surface area contributed by atoms with Gasteiger partial charge in [-0.1, -0.05) is 90.6 Å². The van der Waals surface area contributed by atoms with Crippen LogP contribution in [0.3, 0.4) is 0 Å². The fourth-order valence-corrected chi connectivity index (χ4v) is 7.95. The first-order valence-corrected chi connectivity index (χ1v) is 13.6. The minimum absolute atomic E-state index is 0.140. The average molecular weight is 439 g/mol. The van der Waals surface area contributed by atoms with Gasteiger partial charge in [0, 0.05) is 21.8 Å². The number of hydrogen-bond donors (Lipinski definition) is 0. The Morgan fingerprint density at radius 3 is 2.03 bits per heavy atom. The number of ketones is 1. The summed E-state index contributed by atoms with van der Waals surface area (Å²) in [5.74, 6) is 0.890. The summed E-state index contributed by atoms with van der Waals surface area (Å²) < 4.78 is 6.78. The van der Waals surface area contributed by atoms with Gasteiger partial charge in [0.25, 0.3) is 0 Å². The van der Waals surface area contributed by atoms with Crippen LogP contribution >= 0.6 is 11.8 Å². The van der Waals surface area contributed by atoms with Gasteiger partial charge in [0.15, 0.2) is 5.78 Å². The SMILES string of the molecule is C[Si](Oc1ccc2c(c1)C(=O)Cc1ccccc1S2)(c1ccccc1)c1ccccc1. The lowest BCUT2D eigenvalue weighted by molar-refractivity contribution is 0.0990. The smallest absolute Gasteiger partial charge is 0.311 e. The highest BCUT2D eigenvalue weighted by atomic mass is 32.2. The molecule has 0 aromatic heterocycles. The van der Waals surface area contributed by atoms with Gasteiger partial charge in [0.1, 0.15) is 5.75 Å². The Morgan fingerprint density at radius 1 is 0.742 bits per heavy atom. The van der Waals surface area contributed by atoms with E-state index in [0.717, 1.165) is 26.7 Å². The van der Waals surface area contributed by atoms with E-state index in [2.05, 4.69) is 61.1 Å². The molecule has 0 saturated carbocycles. The van der Waals surface area contributed by atoms with Crippen LogP contribution in [0.2, 0.25) is 6.55 Å². The Balaban J connectivity index is 1.55. The number of carbonyl (C=O) groups excluding carboxylic acids is 1. The van der Waals surface area contributed by atoms with Gasteiger partial charge < -0.3 is 4.43 Å². The van der Waals surface area contributed by atoms with Crippen molar-refractivity contribution in [1.29, 1.82) is 0 Å². The lowest BCUT2D eigenvalue weighted by atomic mass is 10.0. The Labute approximate surface area is 188 Å². The van der Waals surface area contributed by atoms with E-state index in [-0.39, 0.29) is 5.78 Å². The second-order valence-electron chi connectivity index (χ2n) is 7.84. The van der Waals surface area contributed by atoms with E-state index in [1.165, 1.54) is 10.4 Å². The zero-order chi connectivity index (χ0) is 21.3. The van der Waals surface area contributed by atoms with Gasteiger partial charge >= 0.3 is 8.32 Å². The molecule has 152 valence electrons. The summed E-state index contributed by atoms with van der Waals surface area (Å²) in [6.45, 7) is 2.22. The Bertz CT molecular complexity index is 1200. The number of benzene rings is 4. The first-order valence-electron chi connectivity index (χ1n) is 10.4. The molecule has 0 unspecified atom stereocenters. The fraction of sp³-hybridized carbons (Fsp3) is 0.0741. The second-order valence-corrected chi connectivity index (χ2v) is 12.3. The quantitative estimate of drug-likeness (QED) is 0.402. The summed E-state index contributed by atoms with van der Waals surface area (Å²) in [6.07, 6.45) is 0.422. The van der Waals surface area contributed by atoms with Crippen molar-refractivity contribution in [3.63, 3.8) is 0 Å². The summed E-state index contributed by atoms with van der Waals surface area (Å²) >= 11 is 1.66. The van der Waals surface area contributed by atoms with Gasteiger partial charge in [-0.3, -0.25) is 4.79 Å². The van der Waals surface area contributed by atoms with Gasteiger partial charge in [0.05, 0.1) is 0 Å². The largest absolute Gasteiger partial charge is 0.535 e. The highest BCUT2D eigenvalue weighted by molar-refractivity contribution is 7.99. The Morgan fingerprint density at radius 2 is 1.35 bits per heavy atom. The predicted octanol–water partition coefficient (Wildman–Crippen LogP) is 5.35. The monoisotopic (exact) mass is 438 g/mol. The van der Waals surface area contributed by atoms with E-state index in [1.807, 2.05) is 48.5 Å². The van der Waals surface area contributed by atoms with Crippen molar-refractivity contribution >= 4 is 36.2 Å². The maximum absolute atomic E-state index is 13.1. The van der Waals surface area contributed by atoms with Gasteiger partial charge in [-0.15, -0.1) is 0 Å². The van der Waals surface area contributed by atoms with Crippen molar-refractivity contribution in [1.82, 2.24) is 0 Å². The predicted molar refractivity (Wildman–Crippen MR) is 129 cm³/mol. The first kappa shape index (κ1) is 19.9. The maximum atomic E-state index is 13.1. The molecule has 0 N–H and O–H groups in total. The average Bonchev–Trinajstić information content (AvgIpc) is 2.96. The molecule has 1 aliphatic heterocycles. The number of rotatable bonds is 4. The molecular formula is C27H22O2SSi. The van der Waals surface area contributed by atoms with Crippen LogP contribution in [0.1, 0.15) is 15.9 Å². The summed E-state index contributed by atoms with van der Waals surface area (Å²) in [5, 5.41) is 2.40. The summed E-state index contributed by atoms with van der Waals surface area (Å²) in [7, 11) is -2.50. The molecule has 0 spiro atoms. The highest BCUT2D eigenvalue weighted by Gasteiger charge is 2.36. The van der Waals surface area contributed by atoms with E-state index < -0.39 is 8.32 Å². The molecule has 1 aliphatic rings. The van der Waals surface area contributed by atoms with Crippen LogP contribution in [0.25, 0.3) is 0 Å². The third-order valence-corrected chi connectivity index (χ3v) is 10.5. The van der Waals surface area contributed by atoms with Gasteiger partial charge in [-0.05, 0) is 46.7 Å². The van der Waals surface area contributed by atoms with Crippen molar-refractivity contribution < 1.29 is 9.22 Å². The van der Waals surface area contributed by atoms with Gasteiger partial charge in [-0.25, -0.2) is 0 Å². The van der Waals surface area contributed by atoms with E-state index in [1.54, 1.807) is 11.8 Å². The lowest BCUT2D eigenvalue weighted by Gasteiger charge is -2.29. The van der Waals surface area contributed by atoms with Crippen LogP contribution < -0.4 is 14.8 Å². The summed E-state index contributed by atoms with van der Waals surface area (Å²) in [5.41, 5.74) is 1.83. The fourth-order valence-electron chi connectivity index (χ4n) is 4.05. The molecule has 0 saturated heterocycles. The molecule has 4 aromatic rings. The normalized spacial score (nSPS) is 13.1. The highest BCUT2D eigenvalue weighted by Crippen LogP contribution is 2.38. The van der Waals surface area contributed by atoms with Crippen LogP contribution in [-0.2, 0) is 6.42 Å². The van der Waals surface area contributed by atoms with E-state index in [4.69, 9.17) is 4.43 Å². The standard InChI is InChI=1S/C27H22O2SSi/c1-31(22-11-4-2-5-12-22,23-13-6-3-7-14-23)29-21-16-17-27-24(19-21)25(28)18-20-10-8-9-15-26(20)30-27/h2-17,19H,18H2,1H3. The third kappa shape index (κ3) is 3.85. The Hall–Kier alpha value is -3.08. The molecule has 31 heavy (non-hydrogen) atoms. The molecule has 0 fully saturated rings. The van der Waals surface area contributed by atoms with Crippen molar-refractivity contribution in [2.45, 2.75) is 22.8 Å². The molecule has 0 aliphatic carbocycles. The minimum atomic E-state index is -2.50. The van der Waals surface area contributed by atoms with Crippen LogP contribution in [0.4, 0.5) is 0 Å². The van der Waals surface area contributed by atoms with Crippen LogP contribution in [0.5, 0.6) is 5.75 Å². The first-order chi connectivity index (χ1) is 15.1. The zero-order valence-corrected chi connectivity index (χ0v) is 19.1. The molecule has 5 rings (SSSR count). The zero-order valence-electron chi connectivity index (χ0n) is 17.2. The Kier molecular flexibility index (Phi) is 5.26. The topological polar surface area (TPSA) is 26.3 Å². The number of carbonyl (C=O) groups is 1. The minimum Gasteiger partial charge on any atom is -0.535 e. The molecule has 2 nitrogen and oxygen atoms in total. The van der Waals surface area contributed by atoms with Crippen molar-refractivity contribution in [2.24, 2.45) is 0 Å². The van der Waals surface area contributed by atoms with Crippen molar-refractivity contribution in [3.05, 3.63) is 114 Å². The number of hydrogen-bond acceptors (Lipinski definition) is 3. The maximum Gasteiger partial charge on any atom is 0.311 e. The lowest BCUT2D eigenvalue weighted by Crippen LogP contribution is -2.60. The number of fused-ring (bicyclic) bond motifs is 2. The molecule has 0 bridgehead atoms. The van der Waals surface area contributed by atoms with E-state index >= 15 is 0 Å². The van der Waals surface area contributed by atoms with Crippen molar-refractivity contribution in [3.8, 4) is 5.75 Å². The van der Waals surface area contributed by atoms with Crippen molar-refractivity contribution in [2.75, 3.05) is 0 Å². The molecule has 4 aromatic carbocycles. The molecule has 0 amide bonds. The molecule has 0 radical (unpaired) electrons.